The molecule has 3 heteroatoms. The van der Waals surface area contributed by atoms with Gasteiger partial charge in [0.1, 0.15) is 0 Å². The van der Waals surface area contributed by atoms with E-state index >= 15 is 0 Å². The first kappa shape index (κ1) is 21.6. The van der Waals surface area contributed by atoms with Crippen molar-refractivity contribution >= 4 is 22.6 Å². The van der Waals surface area contributed by atoms with E-state index in [1.807, 2.05) is 0 Å². The molecule has 0 saturated carbocycles. The van der Waals surface area contributed by atoms with Crippen LogP contribution in [0.15, 0.2) is 0 Å². The summed E-state index contributed by atoms with van der Waals surface area (Å²) >= 11 is 2.25. The second-order valence-corrected chi connectivity index (χ2v) is 7.42. The van der Waals surface area contributed by atoms with Gasteiger partial charge in [-0.2, -0.15) is 0 Å². The molecule has 2 unspecified atom stereocenters. The lowest BCUT2D eigenvalue weighted by Gasteiger charge is -2.15. The average molecular weight is 411 g/mol. The van der Waals surface area contributed by atoms with Crippen molar-refractivity contribution in [3.05, 3.63) is 0 Å². The lowest BCUT2D eigenvalue weighted by Crippen LogP contribution is -2.25. The third-order valence-corrected chi connectivity index (χ3v) is 5.07. The largest absolute Gasteiger partial charge is 0.392 e. The van der Waals surface area contributed by atoms with E-state index in [-0.39, 0.29) is 6.10 Å². The molecule has 0 aliphatic carbocycles. The minimum atomic E-state index is -0.125. The zero-order valence-electron chi connectivity index (χ0n) is 14.4. The number of unbranched alkanes of at least 4 members (excludes halogenated alkanes) is 9. The van der Waals surface area contributed by atoms with Gasteiger partial charge in [-0.3, -0.25) is 0 Å². The van der Waals surface area contributed by atoms with E-state index in [0.717, 1.165) is 23.9 Å². The van der Waals surface area contributed by atoms with Crippen LogP contribution < -0.4 is 5.32 Å². The third-order valence-electron chi connectivity index (χ3n) is 4.05. The van der Waals surface area contributed by atoms with Gasteiger partial charge in [-0.1, -0.05) is 94.2 Å². The van der Waals surface area contributed by atoms with Gasteiger partial charge in [0.2, 0.25) is 0 Å². The van der Waals surface area contributed by atoms with Crippen molar-refractivity contribution in [2.45, 2.75) is 90.6 Å². The molecule has 0 saturated heterocycles. The van der Waals surface area contributed by atoms with Crippen LogP contribution in [0.4, 0.5) is 0 Å². The SMILES string of the molecule is CCCCCCCCCCCCNCC(C)CC(O)CI. The fourth-order valence-electron chi connectivity index (χ4n) is 2.70. The van der Waals surface area contributed by atoms with Crippen molar-refractivity contribution in [3.63, 3.8) is 0 Å². The van der Waals surface area contributed by atoms with Crippen LogP contribution in [-0.4, -0.2) is 28.7 Å². The molecule has 0 aliphatic heterocycles. The molecular weight excluding hydrogens is 373 g/mol. The first-order valence-corrected chi connectivity index (χ1v) is 10.7. The molecule has 0 aliphatic rings. The highest BCUT2D eigenvalue weighted by Crippen LogP contribution is 2.10. The van der Waals surface area contributed by atoms with Crippen LogP contribution in [0, 0.1) is 5.92 Å². The Hall–Kier alpha value is 0.650. The van der Waals surface area contributed by atoms with Gasteiger partial charge in [-0.05, 0) is 31.8 Å². The molecule has 0 rings (SSSR count). The second kappa shape index (κ2) is 17.0. The Kier molecular flexibility index (Phi) is 17.5. The molecule has 0 aromatic heterocycles. The third kappa shape index (κ3) is 16.8. The molecule has 0 radical (unpaired) electrons. The zero-order chi connectivity index (χ0) is 15.8. The molecule has 0 spiro atoms. The van der Waals surface area contributed by atoms with E-state index < -0.39 is 0 Å². The fourth-order valence-corrected chi connectivity index (χ4v) is 3.06. The standard InChI is InChI=1S/C18H38INO/c1-3-4-5-6-7-8-9-10-11-12-13-20-16-17(2)14-18(21)15-19/h17-18,20-21H,3-16H2,1-2H3. The number of hydrogen-bond acceptors (Lipinski definition) is 2. The highest BCUT2D eigenvalue weighted by molar-refractivity contribution is 14.1. The number of alkyl halides is 1. The molecule has 0 bridgehead atoms. The Morgan fingerprint density at radius 2 is 1.43 bits per heavy atom. The van der Waals surface area contributed by atoms with Crippen molar-refractivity contribution < 1.29 is 5.11 Å². The van der Waals surface area contributed by atoms with Crippen molar-refractivity contribution in [3.8, 4) is 0 Å². The monoisotopic (exact) mass is 411 g/mol. The van der Waals surface area contributed by atoms with Gasteiger partial charge in [0, 0.05) is 4.43 Å². The van der Waals surface area contributed by atoms with Crippen LogP contribution in [0.5, 0.6) is 0 Å². The number of aliphatic hydroxyl groups excluding tert-OH is 1. The van der Waals surface area contributed by atoms with Crippen molar-refractivity contribution in [2.75, 3.05) is 17.5 Å². The van der Waals surface area contributed by atoms with Crippen LogP contribution in [0.3, 0.4) is 0 Å². The molecule has 0 aromatic carbocycles. The molecule has 0 fully saturated rings. The van der Waals surface area contributed by atoms with Gasteiger partial charge in [0.05, 0.1) is 6.10 Å². The zero-order valence-corrected chi connectivity index (χ0v) is 16.5. The summed E-state index contributed by atoms with van der Waals surface area (Å²) in [6.07, 6.45) is 14.8. The molecule has 128 valence electrons. The van der Waals surface area contributed by atoms with Crippen LogP contribution in [0.2, 0.25) is 0 Å². The van der Waals surface area contributed by atoms with Gasteiger partial charge in [-0.25, -0.2) is 0 Å². The Morgan fingerprint density at radius 1 is 0.905 bits per heavy atom. The minimum absolute atomic E-state index is 0.125. The molecule has 2 N–H and O–H groups in total. The Bertz CT molecular complexity index is 202. The predicted molar refractivity (Wildman–Crippen MR) is 103 cm³/mol. The molecular formula is C18H38INO. The van der Waals surface area contributed by atoms with E-state index in [2.05, 4.69) is 41.8 Å². The van der Waals surface area contributed by atoms with E-state index in [1.54, 1.807) is 0 Å². The number of rotatable bonds is 16. The van der Waals surface area contributed by atoms with Crippen LogP contribution in [0.25, 0.3) is 0 Å². The predicted octanol–water partition coefficient (Wildman–Crippen LogP) is 5.32. The molecule has 2 atom stereocenters. The highest BCUT2D eigenvalue weighted by Gasteiger charge is 2.08. The van der Waals surface area contributed by atoms with E-state index in [4.69, 9.17) is 0 Å². The van der Waals surface area contributed by atoms with Crippen molar-refractivity contribution in [2.24, 2.45) is 5.92 Å². The van der Waals surface area contributed by atoms with Crippen molar-refractivity contribution in [1.29, 1.82) is 0 Å². The number of hydrogen-bond donors (Lipinski definition) is 2. The normalized spacial score (nSPS) is 14.3. The summed E-state index contributed by atoms with van der Waals surface area (Å²) in [5.74, 6) is 0.581. The fraction of sp³-hybridized carbons (Fsp3) is 1.00. The Balaban J connectivity index is 3.12. The summed E-state index contributed by atoms with van der Waals surface area (Å²) in [7, 11) is 0. The van der Waals surface area contributed by atoms with E-state index in [0.29, 0.717) is 5.92 Å². The lowest BCUT2D eigenvalue weighted by atomic mass is 10.0. The second-order valence-electron chi connectivity index (χ2n) is 6.54. The molecule has 0 amide bonds. The minimum Gasteiger partial charge on any atom is -0.392 e. The summed E-state index contributed by atoms with van der Waals surface area (Å²) in [4.78, 5) is 0. The van der Waals surface area contributed by atoms with Gasteiger partial charge in [-0.15, -0.1) is 0 Å². The van der Waals surface area contributed by atoms with Gasteiger partial charge in [0.25, 0.3) is 0 Å². The van der Waals surface area contributed by atoms with Crippen molar-refractivity contribution in [1.82, 2.24) is 5.32 Å². The number of halogens is 1. The van der Waals surface area contributed by atoms with Crippen LogP contribution in [-0.2, 0) is 0 Å². The topological polar surface area (TPSA) is 32.3 Å². The Morgan fingerprint density at radius 3 is 1.95 bits per heavy atom. The maximum absolute atomic E-state index is 9.58. The van der Waals surface area contributed by atoms with Gasteiger partial charge >= 0.3 is 0 Å². The maximum Gasteiger partial charge on any atom is 0.0632 e. The Labute approximate surface area is 147 Å². The van der Waals surface area contributed by atoms with E-state index in [1.165, 1.54) is 64.2 Å². The maximum atomic E-state index is 9.58. The average Bonchev–Trinajstić information content (AvgIpc) is 2.48. The lowest BCUT2D eigenvalue weighted by molar-refractivity contribution is 0.170. The smallest absolute Gasteiger partial charge is 0.0632 e. The summed E-state index contributed by atoms with van der Waals surface area (Å²) in [6.45, 7) is 6.69. The number of aliphatic hydroxyl groups is 1. The molecule has 0 heterocycles. The summed E-state index contributed by atoms with van der Waals surface area (Å²) in [5.41, 5.74) is 0. The highest BCUT2D eigenvalue weighted by atomic mass is 127. The first-order valence-electron chi connectivity index (χ1n) is 9.15. The van der Waals surface area contributed by atoms with Crippen LogP contribution in [0.1, 0.15) is 84.5 Å². The molecule has 21 heavy (non-hydrogen) atoms. The van der Waals surface area contributed by atoms with E-state index in [9.17, 15) is 5.11 Å². The van der Waals surface area contributed by atoms with Gasteiger partial charge < -0.3 is 10.4 Å². The number of nitrogens with one attached hydrogen (secondary N) is 1. The molecule has 0 aromatic rings. The summed E-state index contributed by atoms with van der Waals surface area (Å²) in [6, 6.07) is 0. The quantitative estimate of drug-likeness (QED) is 0.205. The first-order chi connectivity index (χ1) is 10.2. The molecule has 2 nitrogen and oxygen atoms in total. The summed E-state index contributed by atoms with van der Waals surface area (Å²) < 4.78 is 0.848. The van der Waals surface area contributed by atoms with Gasteiger partial charge in [0.15, 0.2) is 0 Å². The summed E-state index contributed by atoms with van der Waals surface area (Å²) in [5, 5.41) is 13.1. The van der Waals surface area contributed by atoms with Crippen LogP contribution >= 0.6 is 22.6 Å².